The van der Waals surface area contributed by atoms with E-state index in [0.717, 1.165) is 5.69 Å². The van der Waals surface area contributed by atoms with E-state index in [2.05, 4.69) is 35.4 Å². The number of allylic oxidation sites excluding steroid dienone is 1. The van der Waals surface area contributed by atoms with Crippen molar-refractivity contribution in [3.63, 3.8) is 0 Å². The van der Waals surface area contributed by atoms with Crippen LogP contribution < -0.4 is 0 Å². The molecule has 10 heteroatoms. The zero-order valence-electron chi connectivity index (χ0n) is 13.5. The predicted octanol–water partition coefficient (Wildman–Crippen LogP) is 2.20. The Balaban J connectivity index is 2.09. The van der Waals surface area contributed by atoms with Crippen LogP contribution in [0.15, 0.2) is 25.9 Å². The molecule has 0 saturated heterocycles. The largest absolute Gasteiger partial charge is 0.761 e. The van der Waals surface area contributed by atoms with E-state index in [9.17, 15) is 0 Å². The van der Waals surface area contributed by atoms with Gasteiger partial charge in [0.05, 0.1) is 5.69 Å². The molecule has 120 valence electrons. The van der Waals surface area contributed by atoms with Crippen molar-refractivity contribution in [2.45, 2.75) is 33.1 Å². The lowest BCUT2D eigenvalue weighted by Crippen LogP contribution is -2.12. The monoisotopic (exact) mass is 321 g/mol. The topological polar surface area (TPSA) is 142 Å². The number of aliphatic imine (C=N–C) groups is 2. The van der Waals surface area contributed by atoms with E-state index < -0.39 is 0 Å². The second-order valence-electron chi connectivity index (χ2n) is 6.12. The van der Waals surface area contributed by atoms with Gasteiger partial charge >= 0.3 is 0 Å². The summed E-state index contributed by atoms with van der Waals surface area (Å²) in [6.07, 6.45) is 0. The number of aromatic nitrogens is 4. The first kappa shape index (κ1) is 15.5. The minimum atomic E-state index is -0.243. The summed E-state index contributed by atoms with van der Waals surface area (Å²) < 4.78 is 1.54. The number of fused-ring (bicyclic) bond motifs is 1. The van der Waals surface area contributed by atoms with Gasteiger partial charge in [0.1, 0.15) is 17.6 Å². The smallest absolute Gasteiger partial charge is 0.271 e. The fourth-order valence-corrected chi connectivity index (χ4v) is 2.16. The van der Waals surface area contributed by atoms with Crippen molar-refractivity contribution in [3.05, 3.63) is 22.6 Å². The van der Waals surface area contributed by atoms with Crippen LogP contribution in [-0.4, -0.2) is 37.4 Å². The van der Waals surface area contributed by atoms with Gasteiger partial charge in [-0.1, -0.05) is 20.8 Å². The van der Waals surface area contributed by atoms with Crippen molar-refractivity contribution < 1.29 is 0 Å². The number of nitrogens with one attached hydrogen (secondary N) is 1. The summed E-state index contributed by atoms with van der Waals surface area (Å²) in [7, 11) is 0. The van der Waals surface area contributed by atoms with Crippen LogP contribution in [0.2, 0.25) is 0 Å². The van der Waals surface area contributed by atoms with Crippen LogP contribution in [0.3, 0.4) is 0 Å². The molecule has 2 aromatic rings. The number of aromatic amines is 1. The predicted molar refractivity (Wildman–Crippen MR) is 87.7 cm³/mol. The molecule has 0 saturated carbocycles. The number of aryl methyl sites for hydroxylation is 1. The third-order valence-corrected chi connectivity index (χ3v) is 3.23. The van der Waals surface area contributed by atoms with Crippen LogP contribution >= 0.6 is 0 Å². The number of azo groups is 1. The molecule has 0 fully saturated rings. The molecule has 1 N–H and O–H groups in total. The van der Waals surface area contributed by atoms with Crippen LogP contribution in [0, 0.1) is 18.3 Å². The van der Waals surface area contributed by atoms with Gasteiger partial charge in [0.25, 0.3) is 5.96 Å². The summed E-state index contributed by atoms with van der Waals surface area (Å²) in [6.45, 7) is 7.83. The Kier molecular flexibility index (Phi) is 3.43. The molecule has 0 radical (unpaired) electrons. The fourth-order valence-electron chi connectivity index (χ4n) is 2.16. The number of H-pyrrole nitrogens is 1. The van der Waals surface area contributed by atoms with Gasteiger partial charge in [-0.15, -0.1) is 15.3 Å². The van der Waals surface area contributed by atoms with Gasteiger partial charge in [-0.2, -0.15) is 14.9 Å². The van der Waals surface area contributed by atoms with Gasteiger partial charge in [-0.25, -0.2) is 15.8 Å². The van der Waals surface area contributed by atoms with Crippen LogP contribution in [0.5, 0.6) is 0 Å². The molecule has 1 aliphatic rings. The molecular weight excluding hydrogens is 308 g/mol. The van der Waals surface area contributed by atoms with Gasteiger partial charge in [0.2, 0.25) is 5.65 Å². The molecule has 0 spiro atoms. The lowest BCUT2D eigenvalue weighted by molar-refractivity contribution is 0.557. The molecule has 0 atom stereocenters. The molecule has 0 aromatic carbocycles. The Morgan fingerprint density at radius 2 is 2.00 bits per heavy atom. The Morgan fingerprint density at radius 3 is 2.58 bits per heavy atom. The van der Waals surface area contributed by atoms with E-state index >= 15 is 0 Å². The Bertz CT molecular complexity index is 1010. The number of rotatable bonds is 1. The van der Waals surface area contributed by atoms with Crippen LogP contribution in [0.25, 0.3) is 11.1 Å². The van der Waals surface area contributed by atoms with E-state index in [1.165, 1.54) is 4.63 Å². The van der Waals surface area contributed by atoms with Crippen molar-refractivity contribution in [2.24, 2.45) is 20.2 Å². The average molecular weight is 321 g/mol. The summed E-state index contributed by atoms with van der Waals surface area (Å²) in [6, 6.07) is 1.80. The molecule has 3 rings (SSSR count). The summed E-state index contributed by atoms with van der Waals surface area (Å²) in [5.41, 5.74) is 1.47. The highest BCUT2D eigenvalue weighted by Crippen LogP contribution is 2.33. The third kappa shape index (κ3) is 2.53. The molecule has 2 aromatic heterocycles. The Hall–Kier alpha value is -3.44. The molecule has 1 aliphatic heterocycles. The maximum atomic E-state index is 8.91. The minimum Gasteiger partial charge on any atom is -0.761 e. The molecule has 10 nitrogen and oxygen atoms in total. The van der Waals surface area contributed by atoms with Gasteiger partial charge in [0.15, 0.2) is 11.4 Å². The normalized spacial score (nSPS) is 14.9. The molecular formula is C14H13N10-. The molecule has 3 heterocycles. The van der Waals surface area contributed by atoms with E-state index in [1.54, 1.807) is 18.9 Å². The second-order valence-corrected chi connectivity index (χ2v) is 6.12. The second kappa shape index (κ2) is 5.33. The average Bonchev–Trinajstić information content (AvgIpc) is 3.16. The Labute approximate surface area is 136 Å². The summed E-state index contributed by atoms with van der Waals surface area (Å²) in [5.74, 6) is 2.35. The summed E-state index contributed by atoms with van der Waals surface area (Å²) in [5, 5.41) is 33.4. The lowest BCUT2D eigenvalue weighted by atomic mass is 9.91. The lowest BCUT2D eigenvalue weighted by Gasteiger charge is -2.16. The van der Waals surface area contributed by atoms with Crippen molar-refractivity contribution >= 4 is 28.9 Å². The summed E-state index contributed by atoms with van der Waals surface area (Å²) >= 11 is 0. The van der Waals surface area contributed by atoms with Crippen molar-refractivity contribution in [1.29, 1.82) is 5.26 Å². The van der Waals surface area contributed by atoms with Crippen molar-refractivity contribution in [3.8, 4) is 6.07 Å². The van der Waals surface area contributed by atoms with Crippen LogP contribution in [-0.2, 0) is 5.41 Å². The van der Waals surface area contributed by atoms with Crippen molar-refractivity contribution in [1.82, 2.24) is 19.8 Å². The number of hydrogen-bond donors (Lipinski definition) is 1. The molecule has 0 unspecified atom stereocenters. The van der Waals surface area contributed by atoms with E-state index in [0.29, 0.717) is 17.2 Å². The third-order valence-electron chi connectivity index (χ3n) is 3.23. The molecule has 24 heavy (non-hydrogen) atoms. The first-order valence-electron chi connectivity index (χ1n) is 7.06. The molecule has 0 bridgehead atoms. The number of nitrogens with zero attached hydrogens (tertiary/aromatic N) is 9. The Morgan fingerprint density at radius 1 is 1.25 bits per heavy atom. The van der Waals surface area contributed by atoms with Crippen LogP contribution in [0.4, 0.5) is 5.69 Å². The SMILES string of the molecule is Cc1nc2c(N=NC3=NC(=C=[N-])C(C#N)=N3)c(C(C)(C)C)[nH]n2n1. The number of hydrogen-bond acceptors (Lipinski definition) is 7. The van der Waals surface area contributed by atoms with E-state index in [1.807, 2.05) is 20.8 Å². The highest BCUT2D eigenvalue weighted by Gasteiger charge is 2.25. The van der Waals surface area contributed by atoms with E-state index in [-0.39, 0.29) is 22.8 Å². The summed E-state index contributed by atoms with van der Waals surface area (Å²) in [4.78, 5) is 12.1. The zero-order valence-corrected chi connectivity index (χ0v) is 13.5. The zero-order chi connectivity index (χ0) is 17.5. The maximum absolute atomic E-state index is 8.91. The number of guanidine groups is 1. The van der Waals surface area contributed by atoms with Crippen molar-refractivity contribution in [2.75, 3.05) is 0 Å². The minimum absolute atomic E-state index is 0.0430. The van der Waals surface area contributed by atoms with Gasteiger partial charge in [0, 0.05) is 5.41 Å². The fraction of sp³-hybridized carbons (Fsp3) is 0.357. The highest BCUT2D eigenvalue weighted by atomic mass is 15.5. The van der Waals surface area contributed by atoms with Gasteiger partial charge in [-0.3, -0.25) is 5.10 Å². The van der Waals surface area contributed by atoms with Crippen LogP contribution in [0.1, 0.15) is 32.3 Å². The highest BCUT2D eigenvalue weighted by molar-refractivity contribution is 6.23. The number of nitriles is 1. The quantitative estimate of drug-likeness (QED) is 0.635. The molecule has 0 amide bonds. The first-order valence-corrected chi connectivity index (χ1v) is 7.06. The van der Waals surface area contributed by atoms with E-state index in [4.69, 9.17) is 10.7 Å². The maximum Gasteiger partial charge on any atom is 0.271 e. The van der Waals surface area contributed by atoms with Gasteiger partial charge < -0.3 is 5.41 Å². The standard InChI is InChI=1S/C14H13N10/c1-7-17-12-10(11(14(2,3)4)23-24(12)22-7)20-21-13-18-8(5-15)9(6-16)19-13/h23H,1-4H3/q-1. The van der Waals surface area contributed by atoms with Gasteiger partial charge in [-0.05, 0) is 6.92 Å². The molecule has 0 aliphatic carbocycles. The first-order chi connectivity index (χ1) is 11.3.